The molecule has 1 aliphatic heterocycles. The van der Waals surface area contributed by atoms with Gasteiger partial charge >= 0.3 is 6.09 Å². The summed E-state index contributed by atoms with van der Waals surface area (Å²) in [6, 6.07) is 0.119. The lowest BCUT2D eigenvalue weighted by Crippen LogP contribution is -2.44. The summed E-state index contributed by atoms with van der Waals surface area (Å²) in [5.74, 6) is 5.95. The molecule has 1 amide bonds. The highest BCUT2D eigenvalue weighted by Crippen LogP contribution is 2.18. The van der Waals surface area contributed by atoms with E-state index in [2.05, 4.69) is 9.64 Å². The number of nitrogens with two attached hydrogens (primary N) is 1. The Bertz CT molecular complexity index is 288. The number of nitrogens with zero attached hydrogens (tertiary/aromatic N) is 3. The van der Waals surface area contributed by atoms with Gasteiger partial charge in [0.2, 0.25) is 0 Å². The molecule has 112 valence electrons. The lowest BCUT2D eigenvalue weighted by molar-refractivity contribution is 0.0498. The Morgan fingerprint density at radius 2 is 2.11 bits per heavy atom. The molecule has 1 saturated heterocycles. The summed E-state index contributed by atoms with van der Waals surface area (Å²) in [6.07, 6.45) is 0.636. The van der Waals surface area contributed by atoms with Crippen molar-refractivity contribution < 1.29 is 14.3 Å². The van der Waals surface area contributed by atoms with Crippen LogP contribution in [0.4, 0.5) is 4.79 Å². The number of amides is 1. The van der Waals surface area contributed by atoms with Crippen molar-refractivity contribution in [3.63, 3.8) is 0 Å². The van der Waals surface area contributed by atoms with E-state index in [-0.39, 0.29) is 18.2 Å². The topological polar surface area (TPSA) is 71.3 Å². The van der Waals surface area contributed by atoms with Gasteiger partial charge in [-0.3, -0.25) is 5.84 Å². The minimum absolute atomic E-state index is 0.119. The molecule has 2 atom stereocenters. The summed E-state index contributed by atoms with van der Waals surface area (Å²) < 4.78 is 10.5. The number of rotatable bonds is 6. The van der Waals surface area contributed by atoms with Crippen LogP contribution in [0, 0.1) is 0 Å². The molecular weight excluding hydrogens is 248 g/mol. The first-order chi connectivity index (χ1) is 8.93. The molecule has 1 heterocycles. The Balaban J connectivity index is 2.32. The fourth-order valence-corrected chi connectivity index (χ4v) is 2.15. The van der Waals surface area contributed by atoms with Crippen LogP contribution < -0.4 is 5.84 Å². The van der Waals surface area contributed by atoms with Gasteiger partial charge in [0.1, 0.15) is 0 Å². The molecule has 0 aromatic rings. The zero-order chi connectivity index (χ0) is 14.4. The van der Waals surface area contributed by atoms with Crippen LogP contribution in [0.2, 0.25) is 0 Å². The molecule has 0 radical (unpaired) electrons. The van der Waals surface area contributed by atoms with E-state index in [0.717, 1.165) is 13.0 Å². The summed E-state index contributed by atoms with van der Waals surface area (Å²) in [5.41, 5.74) is 0. The average molecular weight is 274 g/mol. The Hall–Kier alpha value is -0.890. The Morgan fingerprint density at radius 3 is 2.68 bits per heavy atom. The summed E-state index contributed by atoms with van der Waals surface area (Å²) in [5, 5.41) is 1.75. The van der Waals surface area contributed by atoms with Crippen LogP contribution in [-0.4, -0.2) is 87.5 Å². The smallest absolute Gasteiger partial charge is 0.409 e. The van der Waals surface area contributed by atoms with Gasteiger partial charge in [0, 0.05) is 32.7 Å². The first kappa shape index (κ1) is 16.2. The lowest BCUT2D eigenvalue weighted by Gasteiger charge is -2.24. The number of ether oxygens (including phenoxy) is 2. The molecule has 2 N–H and O–H groups in total. The molecule has 0 aromatic heterocycles. The van der Waals surface area contributed by atoms with Gasteiger partial charge in [0.15, 0.2) is 0 Å². The molecule has 0 spiro atoms. The number of methoxy groups -OCH3 is 1. The lowest BCUT2D eigenvalue weighted by atomic mass is 10.2. The number of hydrogen-bond donors (Lipinski definition) is 1. The highest BCUT2D eigenvalue weighted by molar-refractivity contribution is 5.66. The highest BCUT2D eigenvalue weighted by Gasteiger charge is 2.32. The first-order valence-electron chi connectivity index (χ1n) is 6.50. The summed E-state index contributed by atoms with van der Waals surface area (Å²) in [4.78, 5) is 15.0. The van der Waals surface area contributed by atoms with E-state index in [0.29, 0.717) is 19.7 Å². The predicted molar refractivity (Wildman–Crippen MR) is 72.6 cm³/mol. The van der Waals surface area contributed by atoms with Crippen LogP contribution >= 0.6 is 0 Å². The fourth-order valence-electron chi connectivity index (χ4n) is 2.15. The minimum Gasteiger partial charge on any atom is -0.453 e. The Morgan fingerprint density at radius 1 is 1.42 bits per heavy atom. The maximum absolute atomic E-state index is 11.3. The zero-order valence-corrected chi connectivity index (χ0v) is 12.3. The van der Waals surface area contributed by atoms with Crippen molar-refractivity contribution >= 4 is 6.09 Å². The normalized spacial score (nSPS) is 23.9. The maximum atomic E-state index is 11.3. The molecule has 0 saturated carbocycles. The molecule has 7 heteroatoms. The van der Waals surface area contributed by atoms with Gasteiger partial charge in [0.05, 0.1) is 19.8 Å². The van der Waals surface area contributed by atoms with Crippen LogP contribution in [0.25, 0.3) is 0 Å². The zero-order valence-electron chi connectivity index (χ0n) is 12.3. The summed E-state index contributed by atoms with van der Waals surface area (Å²) >= 11 is 0. The molecule has 1 fully saturated rings. The molecule has 1 aliphatic rings. The quantitative estimate of drug-likeness (QED) is 0.663. The van der Waals surface area contributed by atoms with E-state index in [4.69, 9.17) is 10.6 Å². The van der Waals surface area contributed by atoms with Gasteiger partial charge in [0.25, 0.3) is 0 Å². The number of hydrogen-bond acceptors (Lipinski definition) is 6. The van der Waals surface area contributed by atoms with Crippen LogP contribution in [0.5, 0.6) is 0 Å². The SMILES string of the molecule is COC(=O)N(C)C[C@@H]1C[C@@H](OCCN(C)C)CN1N. The van der Waals surface area contributed by atoms with E-state index in [9.17, 15) is 4.79 Å². The van der Waals surface area contributed by atoms with Crippen molar-refractivity contribution in [2.24, 2.45) is 5.84 Å². The van der Waals surface area contributed by atoms with E-state index in [1.54, 1.807) is 12.1 Å². The van der Waals surface area contributed by atoms with Crippen LogP contribution in [-0.2, 0) is 9.47 Å². The Labute approximate surface area is 115 Å². The fraction of sp³-hybridized carbons (Fsp3) is 0.917. The van der Waals surface area contributed by atoms with Crippen molar-refractivity contribution in [1.82, 2.24) is 14.8 Å². The minimum atomic E-state index is -0.342. The van der Waals surface area contributed by atoms with Crippen molar-refractivity contribution in [3.8, 4) is 0 Å². The van der Waals surface area contributed by atoms with Crippen molar-refractivity contribution in [1.29, 1.82) is 0 Å². The van der Waals surface area contributed by atoms with Gasteiger partial charge in [-0.05, 0) is 20.5 Å². The summed E-state index contributed by atoms with van der Waals surface area (Å²) in [6.45, 7) is 2.85. The second kappa shape index (κ2) is 7.64. The third-order valence-corrected chi connectivity index (χ3v) is 3.28. The predicted octanol–water partition coefficient (Wildman–Crippen LogP) is -0.421. The molecule has 1 rings (SSSR count). The van der Waals surface area contributed by atoms with Gasteiger partial charge in [-0.1, -0.05) is 0 Å². The van der Waals surface area contributed by atoms with Crippen molar-refractivity contribution in [2.75, 3.05) is 54.5 Å². The maximum Gasteiger partial charge on any atom is 0.409 e. The third kappa shape index (κ3) is 5.32. The largest absolute Gasteiger partial charge is 0.453 e. The van der Waals surface area contributed by atoms with Gasteiger partial charge in [-0.2, -0.15) is 0 Å². The molecule has 0 unspecified atom stereocenters. The summed E-state index contributed by atoms with van der Waals surface area (Å²) in [7, 11) is 7.11. The number of carbonyl (C=O) groups is 1. The number of carbonyl (C=O) groups excluding carboxylic acids is 1. The van der Waals surface area contributed by atoms with E-state index < -0.39 is 0 Å². The molecule has 0 aliphatic carbocycles. The van der Waals surface area contributed by atoms with Crippen LogP contribution in [0.3, 0.4) is 0 Å². The average Bonchev–Trinajstić information content (AvgIpc) is 2.68. The highest BCUT2D eigenvalue weighted by atomic mass is 16.5. The van der Waals surface area contributed by atoms with Crippen LogP contribution in [0.15, 0.2) is 0 Å². The molecule has 7 nitrogen and oxygen atoms in total. The molecule has 0 aromatic carbocycles. The number of likely N-dealkylation sites (N-methyl/N-ethyl adjacent to an activating group) is 2. The first-order valence-corrected chi connectivity index (χ1v) is 6.50. The van der Waals surface area contributed by atoms with E-state index in [1.807, 2.05) is 14.1 Å². The van der Waals surface area contributed by atoms with Gasteiger partial charge in [-0.25, -0.2) is 9.80 Å². The molecular formula is C12H26N4O3. The van der Waals surface area contributed by atoms with E-state index in [1.165, 1.54) is 12.0 Å². The van der Waals surface area contributed by atoms with Crippen molar-refractivity contribution in [2.45, 2.75) is 18.6 Å². The third-order valence-electron chi connectivity index (χ3n) is 3.28. The van der Waals surface area contributed by atoms with Crippen molar-refractivity contribution in [3.05, 3.63) is 0 Å². The van der Waals surface area contributed by atoms with Crippen LogP contribution in [0.1, 0.15) is 6.42 Å². The van der Waals surface area contributed by atoms with Gasteiger partial charge in [-0.15, -0.1) is 0 Å². The number of hydrazine groups is 1. The second-order valence-electron chi connectivity index (χ2n) is 5.23. The molecule has 19 heavy (non-hydrogen) atoms. The van der Waals surface area contributed by atoms with Gasteiger partial charge < -0.3 is 19.3 Å². The molecule has 0 bridgehead atoms. The monoisotopic (exact) mass is 274 g/mol. The standard InChI is InChI=1S/C12H26N4O3/c1-14(2)5-6-19-11-7-10(16(13)9-11)8-15(3)12(17)18-4/h10-11H,5-9,13H2,1-4H3/t10-,11+/m0/s1. The Kier molecular flexibility index (Phi) is 6.50. The second-order valence-corrected chi connectivity index (χ2v) is 5.23. The van der Waals surface area contributed by atoms with E-state index >= 15 is 0 Å².